The normalized spacial score (nSPS) is 27.5. The van der Waals surface area contributed by atoms with Gasteiger partial charge in [0.15, 0.2) is 17.3 Å². The second-order valence-corrected chi connectivity index (χ2v) is 7.43. The molecule has 0 unspecified atom stereocenters. The predicted molar refractivity (Wildman–Crippen MR) is 94.5 cm³/mol. The number of benzene rings is 1. The van der Waals surface area contributed by atoms with Gasteiger partial charge < -0.3 is 14.7 Å². The van der Waals surface area contributed by atoms with Gasteiger partial charge in [0, 0.05) is 26.3 Å². The Labute approximate surface area is 153 Å². The lowest BCUT2D eigenvalue weighted by Gasteiger charge is -2.21. The molecule has 1 saturated carbocycles. The van der Waals surface area contributed by atoms with E-state index in [1.165, 1.54) is 25.0 Å². The molecule has 26 heavy (non-hydrogen) atoms. The number of aliphatic hydroxyl groups excluding tert-OH is 1. The number of hydrogen-bond acceptors (Lipinski definition) is 4. The smallest absolute Gasteiger partial charge is 0.220 e. The zero-order valence-electron chi connectivity index (χ0n) is 15.3. The van der Waals surface area contributed by atoms with Crippen molar-refractivity contribution in [3.8, 4) is 5.75 Å². The van der Waals surface area contributed by atoms with Crippen molar-refractivity contribution in [2.75, 3.05) is 13.7 Å². The number of hydrogen-bond donors (Lipinski definition) is 1. The van der Waals surface area contributed by atoms with Crippen molar-refractivity contribution in [3.05, 3.63) is 29.6 Å². The highest BCUT2D eigenvalue weighted by atomic mass is 19.1. The first-order chi connectivity index (χ1) is 12.4. The number of carbonyl (C=O) groups excluding carboxylic acids is 2. The van der Waals surface area contributed by atoms with E-state index < -0.39 is 12.1 Å². The molecule has 1 N–H and O–H groups in total. The van der Waals surface area contributed by atoms with Crippen LogP contribution in [0.4, 0.5) is 4.39 Å². The molecular weight excluding hydrogens is 337 g/mol. The number of aliphatic hydroxyl groups is 1. The monoisotopic (exact) mass is 363 g/mol. The number of rotatable bonds is 7. The van der Waals surface area contributed by atoms with Crippen molar-refractivity contribution in [2.24, 2.45) is 5.92 Å². The van der Waals surface area contributed by atoms with Gasteiger partial charge >= 0.3 is 0 Å². The van der Waals surface area contributed by atoms with Gasteiger partial charge in [-0.1, -0.05) is 6.07 Å². The molecule has 0 spiro atoms. The van der Waals surface area contributed by atoms with Gasteiger partial charge in [0.1, 0.15) is 0 Å². The Morgan fingerprint density at radius 1 is 1.35 bits per heavy atom. The molecule has 1 aliphatic carbocycles. The van der Waals surface area contributed by atoms with Crippen molar-refractivity contribution in [2.45, 2.75) is 57.1 Å². The second kappa shape index (κ2) is 7.74. The second-order valence-electron chi connectivity index (χ2n) is 7.43. The van der Waals surface area contributed by atoms with E-state index in [4.69, 9.17) is 4.74 Å². The number of Topliss-reactive ketones (excluding diaryl/α,β-unsaturated/α-hetero) is 1. The molecule has 2 fully saturated rings. The fourth-order valence-corrected chi connectivity index (χ4v) is 4.05. The SMILES string of the molecule is COc1cc([C@@H]2C[C@H]2CCCC(=O)[C@@H]2C[C@@H](O)CN2C(C)=O)ccc1F. The van der Waals surface area contributed by atoms with Gasteiger partial charge in [0.05, 0.1) is 19.3 Å². The first-order valence-electron chi connectivity index (χ1n) is 9.22. The highest BCUT2D eigenvalue weighted by molar-refractivity contribution is 5.89. The van der Waals surface area contributed by atoms with Crippen LogP contribution < -0.4 is 4.74 Å². The fraction of sp³-hybridized carbons (Fsp3) is 0.600. The summed E-state index contributed by atoms with van der Waals surface area (Å²) < 4.78 is 18.5. The Hall–Kier alpha value is -1.95. The summed E-state index contributed by atoms with van der Waals surface area (Å²) in [5.74, 6) is 0.711. The summed E-state index contributed by atoms with van der Waals surface area (Å²) in [6.07, 6.45) is 2.93. The van der Waals surface area contributed by atoms with Crippen molar-refractivity contribution in [3.63, 3.8) is 0 Å². The number of β-amino-alcohol motifs (C(OH)–C–C–N with tert-alkyl or cyclic N) is 1. The van der Waals surface area contributed by atoms with E-state index in [0.717, 1.165) is 24.8 Å². The Balaban J connectivity index is 1.46. The number of ketones is 1. The Morgan fingerprint density at radius 2 is 2.12 bits per heavy atom. The van der Waals surface area contributed by atoms with Crippen LogP contribution in [-0.4, -0.2) is 47.5 Å². The van der Waals surface area contributed by atoms with Crippen LogP contribution in [0.5, 0.6) is 5.75 Å². The summed E-state index contributed by atoms with van der Waals surface area (Å²) in [6, 6.07) is 4.53. The van der Waals surface area contributed by atoms with Crippen LogP contribution >= 0.6 is 0 Å². The van der Waals surface area contributed by atoms with Gasteiger partial charge in [-0.05, 0) is 48.8 Å². The van der Waals surface area contributed by atoms with Crippen molar-refractivity contribution < 1.29 is 23.8 Å². The molecule has 1 amide bonds. The molecule has 1 saturated heterocycles. The van der Waals surface area contributed by atoms with E-state index in [-0.39, 0.29) is 29.8 Å². The molecule has 4 atom stereocenters. The van der Waals surface area contributed by atoms with Gasteiger partial charge in [-0.15, -0.1) is 0 Å². The summed E-state index contributed by atoms with van der Waals surface area (Å²) in [6.45, 7) is 1.69. The molecule has 142 valence electrons. The van der Waals surface area contributed by atoms with Gasteiger partial charge in [-0.2, -0.15) is 0 Å². The first kappa shape index (κ1) is 18.8. The topological polar surface area (TPSA) is 66.8 Å². The van der Waals surface area contributed by atoms with Crippen molar-refractivity contribution >= 4 is 11.7 Å². The van der Waals surface area contributed by atoms with E-state index >= 15 is 0 Å². The number of halogens is 1. The van der Waals surface area contributed by atoms with Gasteiger partial charge in [0.25, 0.3) is 0 Å². The molecule has 2 aliphatic rings. The quantitative estimate of drug-likeness (QED) is 0.809. The Kier molecular flexibility index (Phi) is 5.61. The number of carbonyl (C=O) groups is 2. The first-order valence-corrected chi connectivity index (χ1v) is 9.22. The maximum absolute atomic E-state index is 13.5. The molecule has 0 radical (unpaired) electrons. The molecule has 1 heterocycles. The standard InChI is InChI=1S/C20H26FNO4/c1-12(23)22-11-15(24)10-18(22)19(25)5-3-4-13-8-16(13)14-6-7-17(21)20(9-14)26-2/h6-7,9,13,15-16,18,24H,3-5,8,10-11H2,1-2H3/t13-,15-,16-,18+/m1/s1. The number of amides is 1. The highest BCUT2D eigenvalue weighted by Crippen LogP contribution is 2.51. The van der Waals surface area contributed by atoms with Crippen LogP contribution in [0.3, 0.4) is 0 Å². The summed E-state index contributed by atoms with van der Waals surface area (Å²) in [5.41, 5.74) is 1.08. The van der Waals surface area contributed by atoms with E-state index in [9.17, 15) is 19.1 Å². The summed E-state index contributed by atoms with van der Waals surface area (Å²) in [4.78, 5) is 25.5. The lowest BCUT2D eigenvalue weighted by molar-refractivity contribution is -0.136. The molecule has 5 nitrogen and oxygen atoms in total. The number of methoxy groups -OCH3 is 1. The molecule has 0 bridgehead atoms. The van der Waals surface area contributed by atoms with Gasteiger partial charge in [-0.3, -0.25) is 9.59 Å². The van der Waals surface area contributed by atoms with E-state index in [1.807, 2.05) is 0 Å². The van der Waals surface area contributed by atoms with Gasteiger partial charge in [-0.25, -0.2) is 4.39 Å². The van der Waals surface area contributed by atoms with E-state index in [1.54, 1.807) is 12.1 Å². The third-order valence-corrected chi connectivity index (χ3v) is 5.58. The Bertz CT molecular complexity index is 692. The minimum Gasteiger partial charge on any atom is -0.494 e. The Morgan fingerprint density at radius 3 is 2.81 bits per heavy atom. The predicted octanol–water partition coefficient (Wildman–Crippen LogP) is 2.66. The van der Waals surface area contributed by atoms with Crippen LogP contribution in [0, 0.1) is 11.7 Å². The number of ether oxygens (including phenoxy) is 1. The number of likely N-dealkylation sites (tertiary alicyclic amines) is 1. The summed E-state index contributed by atoms with van der Waals surface area (Å²) in [7, 11) is 1.46. The lowest BCUT2D eigenvalue weighted by Crippen LogP contribution is -2.39. The molecular formula is C20H26FNO4. The molecule has 3 rings (SSSR count). The maximum atomic E-state index is 13.5. The molecule has 1 aromatic carbocycles. The summed E-state index contributed by atoms with van der Waals surface area (Å²) in [5, 5.41) is 9.73. The van der Waals surface area contributed by atoms with Crippen LogP contribution in [0.25, 0.3) is 0 Å². The molecule has 6 heteroatoms. The minimum absolute atomic E-state index is 0.0393. The number of nitrogens with zero attached hydrogens (tertiary/aromatic N) is 1. The minimum atomic E-state index is -0.603. The average molecular weight is 363 g/mol. The molecule has 0 aromatic heterocycles. The van der Waals surface area contributed by atoms with Gasteiger partial charge in [0.2, 0.25) is 5.91 Å². The highest BCUT2D eigenvalue weighted by Gasteiger charge is 2.39. The van der Waals surface area contributed by atoms with Crippen molar-refractivity contribution in [1.82, 2.24) is 4.90 Å². The molecule has 1 aliphatic heterocycles. The third kappa shape index (κ3) is 4.06. The zero-order valence-corrected chi connectivity index (χ0v) is 15.3. The average Bonchev–Trinajstić information content (AvgIpc) is 3.26. The van der Waals surface area contributed by atoms with Crippen LogP contribution in [0.15, 0.2) is 18.2 Å². The largest absolute Gasteiger partial charge is 0.494 e. The maximum Gasteiger partial charge on any atom is 0.220 e. The summed E-state index contributed by atoms with van der Waals surface area (Å²) >= 11 is 0. The van der Waals surface area contributed by atoms with Crippen LogP contribution in [0.1, 0.15) is 50.5 Å². The van der Waals surface area contributed by atoms with Crippen LogP contribution in [-0.2, 0) is 9.59 Å². The fourth-order valence-electron chi connectivity index (χ4n) is 4.05. The molecule has 1 aromatic rings. The van der Waals surface area contributed by atoms with E-state index in [2.05, 4.69) is 0 Å². The van der Waals surface area contributed by atoms with Crippen molar-refractivity contribution in [1.29, 1.82) is 0 Å². The third-order valence-electron chi connectivity index (χ3n) is 5.58. The lowest BCUT2D eigenvalue weighted by atomic mass is 10.0. The van der Waals surface area contributed by atoms with E-state index in [0.29, 0.717) is 24.7 Å². The van der Waals surface area contributed by atoms with Crippen LogP contribution in [0.2, 0.25) is 0 Å². The zero-order chi connectivity index (χ0) is 18.8.